The van der Waals surface area contributed by atoms with Crippen LogP contribution in [-0.2, 0) is 0 Å². The van der Waals surface area contributed by atoms with E-state index < -0.39 is 0 Å². The molecule has 1 saturated carbocycles. The van der Waals surface area contributed by atoms with Gasteiger partial charge in [0.05, 0.1) is 5.84 Å². The summed E-state index contributed by atoms with van der Waals surface area (Å²) in [5, 5.41) is 8.00. The summed E-state index contributed by atoms with van der Waals surface area (Å²) in [5.41, 5.74) is 0.559. The van der Waals surface area contributed by atoms with Crippen LogP contribution < -0.4 is 0 Å². The van der Waals surface area contributed by atoms with Crippen LogP contribution >= 0.6 is 0 Å². The lowest BCUT2D eigenvalue weighted by Gasteiger charge is -2.38. The molecule has 1 N–H and O–H groups in total. The monoisotopic (exact) mass is 208 g/mol. The summed E-state index contributed by atoms with van der Waals surface area (Å²) in [6, 6.07) is 0. The largest absolute Gasteiger partial charge is 0.360 e. The van der Waals surface area contributed by atoms with Crippen LogP contribution in [0.2, 0.25) is 0 Å². The molecule has 1 aliphatic carbocycles. The summed E-state index contributed by atoms with van der Waals surface area (Å²) in [7, 11) is 0. The fourth-order valence-electron chi connectivity index (χ4n) is 3.22. The number of amidine groups is 1. The highest BCUT2D eigenvalue weighted by molar-refractivity contribution is 5.79. The molecule has 2 heteroatoms. The van der Waals surface area contributed by atoms with Gasteiger partial charge in [0, 0.05) is 19.5 Å². The Morgan fingerprint density at radius 2 is 1.93 bits per heavy atom. The van der Waals surface area contributed by atoms with Gasteiger partial charge in [0.25, 0.3) is 0 Å². The second kappa shape index (κ2) is 4.54. The van der Waals surface area contributed by atoms with Crippen LogP contribution in [0.4, 0.5) is 0 Å². The van der Waals surface area contributed by atoms with E-state index in [1.165, 1.54) is 51.5 Å². The first-order chi connectivity index (χ1) is 7.26. The first-order valence-electron chi connectivity index (χ1n) is 6.58. The molecule has 0 unspecified atom stereocenters. The molecule has 0 aromatic carbocycles. The first kappa shape index (κ1) is 11.0. The summed E-state index contributed by atoms with van der Waals surface area (Å²) < 4.78 is 0. The lowest BCUT2D eigenvalue weighted by Crippen LogP contribution is -2.42. The Labute approximate surface area is 93.6 Å². The number of nitrogens with one attached hydrogen (secondary N) is 1. The Balaban J connectivity index is 1.96. The third kappa shape index (κ3) is 2.35. The summed E-state index contributed by atoms with van der Waals surface area (Å²) in [6.45, 7) is 4.64. The maximum absolute atomic E-state index is 8.00. The van der Waals surface area contributed by atoms with Gasteiger partial charge in [-0.15, -0.1) is 0 Å². The quantitative estimate of drug-likeness (QED) is 0.756. The Morgan fingerprint density at radius 3 is 2.53 bits per heavy atom. The van der Waals surface area contributed by atoms with E-state index in [2.05, 4.69) is 11.8 Å². The van der Waals surface area contributed by atoms with Gasteiger partial charge in [-0.05, 0) is 37.5 Å². The minimum Gasteiger partial charge on any atom is -0.360 e. The summed E-state index contributed by atoms with van der Waals surface area (Å²) in [4.78, 5) is 2.36. The van der Waals surface area contributed by atoms with Crippen LogP contribution in [0, 0.1) is 10.8 Å². The van der Waals surface area contributed by atoms with Crippen molar-refractivity contribution in [2.75, 3.05) is 13.1 Å². The normalized spacial score (nSPS) is 25.9. The molecule has 0 amide bonds. The van der Waals surface area contributed by atoms with Gasteiger partial charge in [-0.2, -0.15) is 0 Å². The number of piperidine rings is 1. The van der Waals surface area contributed by atoms with Gasteiger partial charge in [0.2, 0.25) is 0 Å². The van der Waals surface area contributed by atoms with Gasteiger partial charge in [0.15, 0.2) is 0 Å². The Hall–Kier alpha value is -0.530. The van der Waals surface area contributed by atoms with Gasteiger partial charge in [0.1, 0.15) is 0 Å². The maximum Gasteiger partial charge on any atom is 0.0957 e. The van der Waals surface area contributed by atoms with Crippen molar-refractivity contribution in [3.63, 3.8) is 0 Å². The van der Waals surface area contributed by atoms with Crippen LogP contribution in [-0.4, -0.2) is 23.8 Å². The molecule has 0 atom stereocenters. The average Bonchev–Trinajstić information content (AvgIpc) is 2.71. The van der Waals surface area contributed by atoms with Crippen LogP contribution in [0.15, 0.2) is 0 Å². The van der Waals surface area contributed by atoms with E-state index in [0.29, 0.717) is 5.41 Å². The van der Waals surface area contributed by atoms with Gasteiger partial charge >= 0.3 is 0 Å². The van der Waals surface area contributed by atoms with Crippen molar-refractivity contribution in [3.8, 4) is 0 Å². The molecule has 1 heterocycles. The third-order valence-electron chi connectivity index (χ3n) is 4.41. The molecule has 2 aliphatic rings. The molecule has 1 saturated heterocycles. The molecular formula is C13H24N2. The Kier molecular flexibility index (Phi) is 3.32. The molecule has 0 bridgehead atoms. The average molecular weight is 208 g/mol. The zero-order chi connectivity index (χ0) is 10.7. The van der Waals surface area contributed by atoms with Gasteiger partial charge in [-0.1, -0.05) is 19.8 Å². The van der Waals surface area contributed by atoms with Gasteiger partial charge in [-0.25, -0.2) is 0 Å². The van der Waals surface area contributed by atoms with E-state index in [-0.39, 0.29) is 0 Å². The van der Waals surface area contributed by atoms with Gasteiger partial charge in [-0.3, -0.25) is 5.41 Å². The number of likely N-dealkylation sites (tertiary alicyclic amines) is 1. The van der Waals surface area contributed by atoms with Crippen molar-refractivity contribution in [3.05, 3.63) is 0 Å². The fourth-order valence-corrected chi connectivity index (χ4v) is 3.22. The molecule has 2 nitrogen and oxygen atoms in total. The van der Waals surface area contributed by atoms with Crippen molar-refractivity contribution in [1.82, 2.24) is 4.90 Å². The van der Waals surface area contributed by atoms with E-state index in [0.717, 1.165) is 18.8 Å². The summed E-state index contributed by atoms with van der Waals surface area (Å²) in [5.74, 6) is 0.904. The first-order valence-corrected chi connectivity index (χ1v) is 6.58. The zero-order valence-electron chi connectivity index (χ0n) is 10.0. The third-order valence-corrected chi connectivity index (χ3v) is 4.41. The van der Waals surface area contributed by atoms with E-state index in [9.17, 15) is 0 Å². The fraction of sp³-hybridized carbons (Fsp3) is 0.923. The van der Waals surface area contributed by atoms with E-state index in [1.807, 2.05) is 0 Å². The number of hydrogen-bond donors (Lipinski definition) is 1. The van der Waals surface area contributed by atoms with Crippen molar-refractivity contribution >= 4 is 5.84 Å². The SMILES string of the molecule is CCC1(CN2CCCCC2=N)CCCC1. The highest BCUT2D eigenvalue weighted by Gasteiger charge is 2.34. The Bertz CT molecular complexity index is 229. The highest BCUT2D eigenvalue weighted by atomic mass is 15.2. The second-order valence-corrected chi connectivity index (χ2v) is 5.39. The standard InChI is InChI=1S/C13H24N2/c1-2-13(8-4-5-9-13)11-15-10-6-3-7-12(15)14/h14H,2-11H2,1H3. The van der Waals surface area contributed by atoms with Crippen LogP contribution in [0.1, 0.15) is 58.3 Å². The van der Waals surface area contributed by atoms with E-state index >= 15 is 0 Å². The molecule has 2 fully saturated rings. The van der Waals surface area contributed by atoms with Crippen molar-refractivity contribution in [2.45, 2.75) is 58.3 Å². The number of nitrogens with zero attached hydrogens (tertiary/aromatic N) is 1. The van der Waals surface area contributed by atoms with Crippen molar-refractivity contribution in [2.24, 2.45) is 5.41 Å². The predicted molar refractivity (Wildman–Crippen MR) is 64.3 cm³/mol. The molecule has 0 aromatic heterocycles. The maximum atomic E-state index is 8.00. The topological polar surface area (TPSA) is 27.1 Å². The van der Waals surface area contributed by atoms with Crippen molar-refractivity contribution in [1.29, 1.82) is 5.41 Å². The second-order valence-electron chi connectivity index (χ2n) is 5.39. The molecule has 15 heavy (non-hydrogen) atoms. The lowest BCUT2D eigenvalue weighted by atomic mass is 9.82. The molecule has 0 aromatic rings. The predicted octanol–water partition coefficient (Wildman–Crippen LogP) is 3.42. The molecule has 0 radical (unpaired) electrons. The zero-order valence-corrected chi connectivity index (χ0v) is 10.0. The van der Waals surface area contributed by atoms with E-state index in [4.69, 9.17) is 5.41 Å². The molecule has 0 spiro atoms. The number of hydrogen-bond acceptors (Lipinski definition) is 1. The minimum atomic E-state index is 0.559. The Morgan fingerprint density at radius 1 is 1.20 bits per heavy atom. The van der Waals surface area contributed by atoms with Crippen molar-refractivity contribution < 1.29 is 0 Å². The summed E-state index contributed by atoms with van der Waals surface area (Å²) >= 11 is 0. The van der Waals surface area contributed by atoms with Crippen LogP contribution in [0.3, 0.4) is 0 Å². The molecular weight excluding hydrogens is 184 g/mol. The molecule has 1 aliphatic heterocycles. The van der Waals surface area contributed by atoms with Crippen LogP contribution in [0.25, 0.3) is 0 Å². The lowest BCUT2D eigenvalue weighted by molar-refractivity contribution is 0.192. The summed E-state index contributed by atoms with van der Waals surface area (Å²) in [6.07, 6.45) is 10.5. The molecule has 86 valence electrons. The smallest absolute Gasteiger partial charge is 0.0957 e. The highest BCUT2D eigenvalue weighted by Crippen LogP contribution is 2.41. The van der Waals surface area contributed by atoms with Crippen LogP contribution in [0.5, 0.6) is 0 Å². The van der Waals surface area contributed by atoms with E-state index in [1.54, 1.807) is 0 Å². The van der Waals surface area contributed by atoms with Gasteiger partial charge < -0.3 is 4.90 Å². The molecule has 2 rings (SSSR count). The minimum absolute atomic E-state index is 0.559. The number of rotatable bonds is 3.